The number of carbonyl (C=O) groups is 1. The monoisotopic (exact) mass is 275 g/mol. The molecule has 1 amide bonds. The third-order valence-electron chi connectivity index (χ3n) is 4.26. The summed E-state index contributed by atoms with van der Waals surface area (Å²) in [6.07, 6.45) is 2.42. The summed E-state index contributed by atoms with van der Waals surface area (Å²) in [7, 11) is 1.88. The molecule has 1 heterocycles. The van der Waals surface area contributed by atoms with Crippen molar-refractivity contribution in [3.63, 3.8) is 0 Å². The van der Waals surface area contributed by atoms with Gasteiger partial charge in [0.2, 0.25) is 0 Å². The van der Waals surface area contributed by atoms with Crippen LogP contribution in [0.4, 0.5) is 5.69 Å². The number of rotatable bonds is 4. The number of aryl methyl sites for hydroxylation is 1. The normalized spacial score (nSPS) is 19.2. The zero-order valence-electron chi connectivity index (χ0n) is 12.7. The molecule has 1 unspecified atom stereocenters. The predicted octanol–water partition coefficient (Wildman–Crippen LogP) is 2.13. The highest BCUT2D eigenvalue weighted by molar-refractivity contribution is 5.95. The van der Waals surface area contributed by atoms with Gasteiger partial charge < -0.3 is 10.6 Å². The lowest BCUT2D eigenvalue weighted by atomic mass is 10.1. The van der Waals surface area contributed by atoms with Crippen LogP contribution in [0.15, 0.2) is 18.2 Å². The van der Waals surface area contributed by atoms with Gasteiger partial charge in [-0.3, -0.25) is 9.69 Å². The summed E-state index contributed by atoms with van der Waals surface area (Å²) in [5.41, 5.74) is 8.26. The minimum absolute atomic E-state index is 0.0552. The molecule has 1 saturated heterocycles. The van der Waals surface area contributed by atoms with Crippen LogP contribution in [0.25, 0.3) is 0 Å². The fraction of sp³-hybridized carbons (Fsp3) is 0.562. The van der Waals surface area contributed by atoms with E-state index < -0.39 is 0 Å². The zero-order chi connectivity index (χ0) is 14.7. The molecule has 1 aliphatic rings. The van der Waals surface area contributed by atoms with Crippen LogP contribution >= 0.6 is 0 Å². The number of carbonyl (C=O) groups excluding carboxylic acids is 1. The molecule has 0 bridgehead atoms. The molecule has 0 aromatic heterocycles. The summed E-state index contributed by atoms with van der Waals surface area (Å²) in [6.45, 7) is 7.14. The Morgan fingerprint density at radius 3 is 2.90 bits per heavy atom. The lowest BCUT2D eigenvalue weighted by molar-refractivity contribution is 0.0754. The highest BCUT2D eigenvalue weighted by atomic mass is 16.2. The van der Waals surface area contributed by atoms with E-state index in [1.54, 1.807) is 6.07 Å². The van der Waals surface area contributed by atoms with E-state index >= 15 is 0 Å². The Hall–Kier alpha value is -1.55. The third kappa shape index (κ3) is 3.12. The van der Waals surface area contributed by atoms with Crippen LogP contribution in [0.1, 0.15) is 35.7 Å². The summed E-state index contributed by atoms with van der Waals surface area (Å²) in [4.78, 5) is 16.7. The molecular formula is C16H25N3O. The third-order valence-corrected chi connectivity index (χ3v) is 4.26. The maximum absolute atomic E-state index is 12.4. The number of benzene rings is 1. The van der Waals surface area contributed by atoms with E-state index in [0.717, 1.165) is 25.2 Å². The number of nitrogens with two attached hydrogens (primary N) is 1. The van der Waals surface area contributed by atoms with E-state index in [9.17, 15) is 4.79 Å². The molecule has 0 aliphatic carbocycles. The average molecular weight is 275 g/mol. The average Bonchev–Trinajstić information content (AvgIpc) is 2.88. The van der Waals surface area contributed by atoms with Crippen LogP contribution in [0, 0.1) is 6.92 Å². The summed E-state index contributed by atoms with van der Waals surface area (Å²) < 4.78 is 0. The molecule has 0 saturated carbocycles. The molecule has 1 aliphatic heterocycles. The molecule has 0 radical (unpaired) electrons. The molecular weight excluding hydrogens is 250 g/mol. The van der Waals surface area contributed by atoms with Crippen molar-refractivity contribution < 1.29 is 4.79 Å². The molecule has 20 heavy (non-hydrogen) atoms. The van der Waals surface area contributed by atoms with Crippen molar-refractivity contribution >= 4 is 11.6 Å². The Labute approximate surface area is 121 Å². The van der Waals surface area contributed by atoms with Gasteiger partial charge in [-0.2, -0.15) is 0 Å². The van der Waals surface area contributed by atoms with Crippen LogP contribution in [0.5, 0.6) is 0 Å². The van der Waals surface area contributed by atoms with Crippen molar-refractivity contribution in [3.05, 3.63) is 29.3 Å². The highest BCUT2D eigenvalue weighted by Gasteiger charge is 2.25. The lowest BCUT2D eigenvalue weighted by Crippen LogP contribution is -2.41. The van der Waals surface area contributed by atoms with E-state index in [4.69, 9.17) is 5.73 Å². The Balaban J connectivity index is 2.03. The van der Waals surface area contributed by atoms with E-state index in [0.29, 0.717) is 17.3 Å². The lowest BCUT2D eigenvalue weighted by Gasteiger charge is -2.28. The van der Waals surface area contributed by atoms with Crippen LogP contribution in [-0.2, 0) is 0 Å². The van der Waals surface area contributed by atoms with E-state index in [-0.39, 0.29) is 5.91 Å². The number of nitrogen functional groups attached to an aromatic ring is 1. The minimum Gasteiger partial charge on any atom is -0.398 e. The van der Waals surface area contributed by atoms with Gasteiger partial charge in [0.1, 0.15) is 0 Å². The summed E-state index contributed by atoms with van der Waals surface area (Å²) in [5.74, 6) is 0.0552. The molecule has 1 aromatic carbocycles. The first-order chi connectivity index (χ1) is 9.52. The second kappa shape index (κ2) is 6.27. The molecule has 4 heteroatoms. The van der Waals surface area contributed by atoms with Crippen molar-refractivity contribution in [2.45, 2.75) is 32.7 Å². The van der Waals surface area contributed by atoms with E-state index in [1.165, 1.54) is 12.8 Å². The second-order valence-corrected chi connectivity index (χ2v) is 5.68. The molecule has 2 rings (SSSR count). The summed E-state index contributed by atoms with van der Waals surface area (Å²) >= 11 is 0. The molecule has 4 nitrogen and oxygen atoms in total. The van der Waals surface area contributed by atoms with Gasteiger partial charge in [-0.15, -0.1) is 0 Å². The first-order valence-electron chi connectivity index (χ1n) is 7.38. The minimum atomic E-state index is 0.0552. The van der Waals surface area contributed by atoms with E-state index in [1.807, 2.05) is 31.0 Å². The maximum atomic E-state index is 12.4. The Kier molecular flexibility index (Phi) is 4.65. The van der Waals surface area contributed by atoms with Gasteiger partial charge in [-0.25, -0.2) is 0 Å². The summed E-state index contributed by atoms with van der Waals surface area (Å²) in [5, 5.41) is 0. The van der Waals surface area contributed by atoms with E-state index in [2.05, 4.69) is 11.8 Å². The van der Waals surface area contributed by atoms with Crippen LogP contribution in [0.2, 0.25) is 0 Å². The zero-order valence-corrected chi connectivity index (χ0v) is 12.7. The highest BCUT2D eigenvalue weighted by Crippen LogP contribution is 2.19. The molecule has 2 N–H and O–H groups in total. The molecule has 0 spiro atoms. The standard InChI is InChI=1S/C16H25N3O/c1-4-19-9-5-6-14(19)11-18(3)16(20)13-8-7-12(2)15(17)10-13/h7-8,10,14H,4-6,9,11,17H2,1-3H3. The van der Waals surface area contributed by atoms with Crippen LogP contribution in [-0.4, -0.2) is 48.4 Å². The predicted molar refractivity (Wildman–Crippen MR) is 82.8 cm³/mol. The molecule has 1 atom stereocenters. The Bertz CT molecular complexity index is 487. The largest absolute Gasteiger partial charge is 0.398 e. The maximum Gasteiger partial charge on any atom is 0.253 e. The smallest absolute Gasteiger partial charge is 0.253 e. The van der Waals surface area contributed by atoms with Crippen molar-refractivity contribution in [2.75, 3.05) is 32.4 Å². The number of hydrogen-bond donors (Lipinski definition) is 1. The van der Waals surface area contributed by atoms with Gasteiger partial charge in [-0.05, 0) is 50.6 Å². The van der Waals surface area contributed by atoms with Crippen LogP contribution < -0.4 is 5.73 Å². The molecule has 110 valence electrons. The number of hydrogen-bond acceptors (Lipinski definition) is 3. The fourth-order valence-corrected chi connectivity index (χ4v) is 2.91. The Morgan fingerprint density at radius 1 is 1.50 bits per heavy atom. The van der Waals surface area contributed by atoms with Crippen molar-refractivity contribution in [2.24, 2.45) is 0 Å². The van der Waals surface area contributed by atoms with Gasteiger partial charge in [0.05, 0.1) is 0 Å². The van der Waals surface area contributed by atoms with Gasteiger partial charge >= 0.3 is 0 Å². The van der Waals surface area contributed by atoms with Gasteiger partial charge in [0, 0.05) is 30.9 Å². The SMILES string of the molecule is CCN1CCCC1CN(C)C(=O)c1ccc(C)c(N)c1. The molecule has 1 fully saturated rings. The van der Waals surface area contributed by atoms with Crippen LogP contribution in [0.3, 0.4) is 0 Å². The van der Waals surface area contributed by atoms with Crippen molar-refractivity contribution in [1.82, 2.24) is 9.80 Å². The van der Waals surface area contributed by atoms with Crippen molar-refractivity contribution in [3.8, 4) is 0 Å². The number of nitrogens with zero attached hydrogens (tertiary/aromatic N) is 2. The first kappa shape index (κ1) is 14.9. The second-order valence-electron chi connectivity index (χ2n) is 5.68. The number of anilines is 1. The topological polar surface area (TPSA) is 49.6 Å². The van der Waals surface area contributed by atoms with Gasteiger partial charge in [0.15, 0.2) is 0 Å². The fourth-order valence-electron chi connectivity index (χ4n) is 2.91. The van der Waals surface area contributed by atoms with Crippen molar-refractivity contribution in [1.29, 1.82) is 0 Å². The van der Waals surface area contributed by atoms with Gasteiger partial charge in [0.25, 0.3) is 5.91 Å². The number of amides is 1. The number of likely N-dealkylation sites (tertiary alicyclic amines) is 1. The molecule has 1 aromatic rings. The Morgan fingerprint density at radius 2 is 2.25 bits per heavy atom. The summed E-state index contributed by atoms with van der Waals surface area (Å²) in [6, 6.07) is 6.04. The first-order valence-corrected chi connectivity index (χ1v) is 7.38. The van der Waals surface area contributed by atoms with Gasteiger partial charge in [-0.1, -0.05) is 13.0 Å². The number of likely N-dealkylation sites (N-methyl/N-ethyl adjacent to an activating group) is 2. The quantitative estimate of drug-likeness (QED) is 0.856.